The van der Waals surface area contributed by atoms with Crippen molar-refractivity contribution >= 4 is 5.91 Å². The maximum absolute atomic E-state index is 12.9. The van der Waals surface area contributed by atoms with Crippen molar-refractivity contribution < 1.29 is 9.53 Å². The fraction of sp³-hybridized carbons (Fsp3) is 0.556. The van der Waals surface area contributed by atoms with Crippen molar-refractivity contribution in [1.82, 2.24) is 19.2 Å². The van der Waals surface area contributed by atoms with Crippen molar-refractivity contribution in [3.8, 4) is 0 Å². The number of fused-ring (bicyclic) bond motifs is 1. The van der Waals surface area contributed by atoms with Gasteiger partial charge in [0.1, 0.15) is 5.69 Å². The van der Waals surface area contributed by atoms with Crippen LogP contribution in [0.1, 0.15) is 40.5 Å². The van der Waals surface area contributed by atoms with Crippen LogP contribution in [0.5, 0.6) is 0 Å². The largest absolute Gasteiger partial charge is 0.384 e. The highest BCUT2D eigenvalue weighted by Gasteiger charge is 2.33. The van der Waals surface area contributed by atoms with E-state index in [4.69, 9.17) is 9.84 Å². The summed E-state index contributed by atoms with van der Waals surface area (Å²) in [7, 11) is 3.61. The smallest absolute Gasteiger partial charge is 0.270 e. The number of hydrogen-bond donors (Lipinski definition) is 0. The number of carbonyl (C=O) groups excluding carboxylic acids is 1. The molecule has 6 heteroatoms. The van der Waals surface area contributed by atoms with Gasteiger partial charge in [0.2, 0.25) is 0 Å². The zero-order valence-corrected chi connectivity index (χ0v) is 14.3. The molecule has 6 nitrogen and oxygen atoms in total. The van der Waals surface area contributed by atoms with Crippen molar-refractivity contribution in [1.29, 1.82) is 0 Å². The Kier molecular flexibility index (Phi) is 3.92. The van der Waals surface area contributed by atoms with Crippen molar-refractivity contribution in [2.45, 2.75) is 31.8 Å². The van der Waals surface area contributed by atoms with Crippen LogP contribution >= 0.6 is 0 Å². The van der Waals surface area contributed by atoms with Crippen LogP contribution in [0.25, 0.3) is 0 Å². The minimum atomic E-state index is 0.0733. The predicted octanol–water partition coefficient (Wildman–Crippen LogP) is 2.02. The number of ether oxygens (including phenoxy) is 1. The molecule has 1 aliphatic carbocycles. The molecule has 0 bridgehead atoms. The quantitative estimate of drug-likeness (QED) is 0.844. The van der Waals surface area contributed by atoms with Gasteiger partial charge in [-0.15, -0.1) is 0 Å². The monoisotopic (exact) mass is 328 g/mol. The van der Waals surface area contributed by atoms with E-state index in [0.717, 1.165) is 29.4 Å². The standard InChI is InChI=1S/C18H24N4O2/c1-20-7-3-4-16(20)18(23)21-9-14-11-22(8-13-5-6-13)19-17(14)15(10-21)12-24-2/h3-4,7,11,13,15H,5-6,8-10,12H2,1-2H3/t15-/m1/s1. The van der Waals surface area contributed by atoms with Gasteiger partial charge in [-0.05, 0) is 30.9 Å². The second kappa shape index (κ2) is 6.09. The average molecular weight is 328 g/mol. The number of aromatic nitrogens is 3. The van der Waals surface area contributed by atoms with Crippen molar-refractivity contribution in [3.05, 3.63) is 41.5 Å². The fourth-order valence-electron chi connectivity index (χ4n) is 3.56. The minimum Gasteiger partial charge on any atom is -0.384 e. The molecule has 128 valence electrons. The number of amides is 1. The molecule has 1 amide bonds. The van der Waals surface area contributed by atoms with Gasteiger partial charge in [0.15, 0.2) is 0 Å². The molecule has 0 spiro atoms. The topological polar surface area (TPSA) is 52.3 Å². The van der Waals surface area contributed by atoms with E-state index in [1.807, 2.05) is 34.8 Å². The summed E-state index contributed by atoms with van der Waals surface area (Å²) in [6, 6.07) is 3.78. The molecule has 1 saturated carbocycles. The zero-order valence-electron chi connectivity index (χ0n) is 14.3. The van der Waals surface area contributed by atoms with E-state index in [1.54, 1.807) is 7.11 Å². The Labute approximate surface area is 142 Å². The van der Waals surface area contributed by atoms with Gasteiger partial charge in [0.05, 0.1) is 12.3 Å². The molecular weight excluding hydrogens is 304 g/mol. The van der Waals surface area contributed by atoms with Crippen molar-refractivity contribution in [2.24, 2.45) is 13.0 Å². The molecule has 0 radical (unpaired) electrons. The van der Waals surface area contributed by atoms with E-state index in [9.17, 15) is 4.79 Å². The van der Waals surface area contributed by atoms with Crippen LogP contribution < -0.4 is 0 Å². The Morgan fingerprint density at radius 2 is 2.25 bits per heavy atom. The summed E-state index contributed by atoms with van der Waals surface area (Å²) < 4.78 is 9.34. The van der Waals surface area contributed by atoms with Gasteiger partial charge < -0.3 is 14.2 Å². The molecule has 0 N–H and O–H groups in total. The molecule has 2 aromatic heterocycles. The highest BCUT2D eigenvalue weighted by atomic mass is 16.5. The first-order chi connectivity index (χ1) is 11.7. The Morgan fingerprint density at radius 1 is 1.42 bits per heavy atom. The van der Waals surface area contributed by atoms with E-state index in [1.165, 1.54) is 12.8 Å². The van der Waals surface area contributed by atoms with Crippen LogP contribution in [0.2, 0.25) is 0 Å². The maximum atomic E-state index is 12.9. The molecular formula is C18H24N4O2. The van der Waals surface area contributed by atoms with Crippen LogP contribution in [0.3, 0.4) is 0 Å². The Hall–Kier alpha value is -2.08. The van der Waals surface area contributed by atoms with E-state index in [2.05, 4.69) is 10.9 Å². The van der Waals surface area contributed by atoms with Crippen molar-refractivity contribution in [2.75, 3.05) is 20.3 Å². The van der Waals surface area contributed by atoms with Gasteiger partial charge in [0.25, 0.3) is 5.91 Å². The van der Waals surface area contributed by atoms with Gasteiger partial charge in [-0.2, -0.15) is 5.10 Å². The summed E-state index contributed by atoms with van der Waals surface area (Å²) in [5, 5.41) is 4.80. The number of methoxy groups -OCH3 is 1. The van der Waals surface area contributed by atoms with Crippen molar-refractivity contribution in [3.63, 3.8) is 0 Å². The molecule has 0 aromatic carbocycles. The van der Waals surface area contributed by atoms with Crippen LogP contribution in [0, 0.1) is 5.92 Å². The van der Waals surface area contributed by atoms with Crippen LogP contribution in [-0.2, 0) is 24.9 Å². The average Bonchev–Trinajstić information content (AvgIpc) is 3.11. The van der Waals surface area contributed by atoms with E-state index in [-0.39, 0.29) is 11.8 Å². The Morgan fingerprint density at radius 3 is 2.92 bits per heavy atom. The Balaban J connectivity index is 1.59. The molecule has 24 heavy (non-hydrogen) atoms. The number of hydrogen-bond acceptors (Lipinski definition) is 3. The normalized spacial score (nSPS) is 20.2. The SMILES string of the molecule is COC[C@H]1CN(C(=O)c2cccn2C)Cc2cn(CC3CC3)nc21. The minimum absolute atomic E-state index is 0.0733. The predicted molar refractivity (Wildman–Crippen MR) is 89.7 cm³/mol. The molecule has 1 atom stereocenters. The molecule has 4 rings (SSSR count). The lowest BCUT2D eigenvalue weighted by Crippen LogP contribution is -2.40. The first-order valence-corrected chi connectivity index (χ1v) is 8.61. The van der Waals surface area contributed by atoms with Crippen LogP contribution in [0.4, 0.5) is 0 Å². The second-order valence-electron chi connectivity index (χ2n) is 7.05. The molecule has 1 fully saturated rings. The summed E-state index contributed by atoms with van der Waals surface area (Å²) >= 11 is 0. The summed E-state index contributed by atoms with van der Waals surface area (Å²) in [5.74, 6) is 1.00. The maximum Gasteiger partial charge on any atom is 0.270 e. The van der Waals surface area contributed by atoms with Gasteiger partial charge in [-0.3, -0.25) is 9.48 Å². The number of rotatable bonds is 5. The lowest BCUT2D eigenvalue weighted by Gasteiger charge is -2.31. The fourth-order valence-corrected chi connectivity index (χ4v) is 3.56. The number of nitrogens with zero attached hydrogens (tertiary/aromatic N) is 4. The second-order valence-corrected chi connectivity index (χ2v) is 7.05. The molecule has 3 heterocycles. The zero-order chi connectivity index (χ0) is 16.7. The summed E-state index contributed by atoms with van der Waals surface area (Å²) in [4.78, 5) is 14.8. The molecule has 1 aliphatic heterocycles. The van der Waals surface area contributed by atoms with Crippen LogP contribution in [0.15, 0.2) is 24.5 Å². The number of aryl methyl sites for hydroxylation is 1. The summed E-state index contributed by atoms with van der Waals surface area (Å²) in [6.45, 7) is 2.87. The van der Waals surface area contributed by atoms with Gasteiger partial charge in [-0.1, -0.05) is 0 Å². The molecule has 0 saturated heterocycles. The summed E-state index contributed by atoms with van der Waals surface area (Å²) in [6.07, 6.45) is 6.65. The highest BCUT2D eigenvalue weighted by Crippen LogP contribution is 2.33. The Bertz CT molecular complexity index is 744. The molecule has 0 unspecified atom stereocenters. The van der Waals surface area contributed by atoms with E-state index < -0.39 is 0 Å². The lowest BCUT2D eigenvalue weighted by atomic mass is 9.97. The lowest BCUT2D eigenvalue weighted by molar-refractivity contribution is 0.0669. The van der Waals surface area contributed by atoms with E-state index in [0.29, 0.717) is 19.7 Å². The third-order valence-electron chi connectivity index (χ3n) is 5.02. The third-order valence-corrected chi connectivity index (χ3v) is 5.02. The molecule has 2 aromatic rings. The highest BCUT2D eigenvalue weighted by molar-refractivity contribution is 5.93. The van der Waals surface area contributed by atoms with E-state index >= 15 is 0 Å². The van der Waals surface area contributed by atoms with Crippen LogP contribution in [-0.4, -0.2) is 45.4 Å². The summed E-state index contributed by atoms with van der Waals surface area (Å²) in [5.41, 5.74) is 2.99. The van der Waals surface area contributed by atoms with Gasteiger partial charge in [-0.25, -0.2) is 0 Å². The molecule has 2 aliphatic rings. The number of carbonyl (C=O) groups is 1. The third kappa shape index (κ3) is 2.86. The van der Waals surface area contributed by atoms with Gasteiger partial charge in [0, 0.05) is 57.7 Å². The van der Waals surface area contributed by atoms with Gasteiger partial charge >= 0.3 is 0 Å². The first kappa shape index (κ1) is 15.4. The first-order valence-electron chi connectivity index (χ1n) is 8.61.